The van der Waals surface area contributed by atoms with Gasteiger partial charge in [-0.3, -0.25) is 4.79 Å². The van der Waals surface area contributed by atoms with Crippen LogP contribution in [0.2, 0.25) is 0 Å². The van der Waals surface area contributed by atoms with E-state index in [0.29, 0.717) is 15.7 Å². The topological polar surface area (TPSA) is 63.2 Å². The van der Waals surface area contributed by atoms with Gasteiger partial charge < -0.3 is 15.4 Å². The van der Waals surface area contributed by atoms with Gasteiger partial charge >= 0.3 is 0 Å². The molecule has 1 amide bonds. The zero-order valence-corrected chi connectivity index (χ0v) is 17.9. The van der Waals surface area contributed by atoms with E-state index >= 15 is 0 Å². The number of anilines is 2. The molecule has 5 nitrogen and oxygen atoms in total. The van der Waals surface area contributed by atoms with E-state index in [1.54, 1.807) is 7.11 Å². The Morgan fingerprint density at radius 1 is 1.03 bits per heavy atom. The number of ether oxygens (including phenoxy) is 1. The Morgan fingerprint density at radius 3 is 2.57 bits per heavy atom. The maximum Gasteiger partial charge on any atom is 0.263 e. The lowest BCUT2D eigenvalue weighted by Crippen LogP contribution is -2.26. The van der Waals surface area contributed by atoms with Crippen LogP contribution in [0, 0.1) is 6.92 Å². The maximum absolute atomic E-state index is 12.9. The molecule has 152 valence electrons. The molecule has 1 heterocycles. The monoisotopic (exact) mass is 417 g/mol. The number of aryl methyl sites for hydroxylation is 1. The molecule has 4 aromatic rings. The number of benzene rings is 3. The number of rotatable bonds is 6. The van der Waals surface area contributed by atoms with E-state index in [1.807, 2.05) is 50.2 Å². The van der Waals surface area contributed by atoms with E-state index < -0.39 is 0 Å². The van der Waals surface area contributed by atoms with Crippen molar-refractivity contribution in [2.75, 3.05) is 12.4 Å². The number of fused-ring (bicyclic) bond motifs is 1. The predicted octanol–water partition coefficient (Wildman–Crippen LogP) is 5.85. The molecule has 0 saturated heterocycles. The molecule has 3 aromatic carbocycles. The number of aromatic nitrogens is 1. The summed E-state index contributed by atoms with van der Waals surface area (Å²) in [6.07, 6.45) is 0. The molecule has 30 heavy (non-hydrogen) atoms. The summed E-state index contributed by atoms with van der Waals surface area (Å²) >= 11 is 1.33. The van der Waals surface area contributed by atoms with Crippen LogP contribution in [-0.2, 0) is 0 Å². The largest absolute Gasteiger partial charge is 0.495 e. The Morgan fingerprint density at radius 2 is 1.77 bits per heavy atom. The third-order valence-electron chi connectivity index (χ3n) is 4.97. The molecule has 4 rings (SSSR count). The smallest absolute Gasteiger partial charge is 0.263 e. The molecule has 0 saturated carbocycles. The average molecular weight is 418 g/mol. The van der Waals surface area contributed by atoms with Gasteiger partial charge in [0, 0.05) is 0 Å². The third kappa shape index (κ3) is 4.14. The Hall–Kier alpha value is -3.38. The minimum absolute atomic E-state index is 0.116. The van der Waals surface area contributed by atoms with Crippen LogP contribution in [0.4, 0.5) is 10.8 Å². The second kappa shape index (κ2) is 8.55. The van der Waals surface area contributed by atoms with Crippen LogP contribution in [0.25, 0.3) is 10.8 Å². The van der Waals surface area contributed by atoms with E-state index in [9.17, 15) is 4.79 Å². The lowest BCUT2D eigenvalue weighted by atomic mass is 10.0. The van der Waals surface area contributed by atoms with Crippen molar-refractivity contribution in [3.05, 3.63) is 82.9 Å². The van der Waals surface area contributed by atoms with Crippen molar-refractivity contribution < 1.29 is 9.53 Å². The number of para-hydroxylation sites is 2. The van der Waals surface area contributed by atoms with Crippen LogP contribution in [0.1, 0.15) is 33.9 Å². The summed E-state index contributed by atoms with van der Waals surface area (Å²) in [7, 11) is 1.63. The fraction of sp³-hybridized carbons (Fsp3) is 0.167. The number of carbonyl (C=O) groups excluding carboxylic acids is 1. The fourth-order valence-electron chi connectivity index (χ4n) is 3.35. The summed E-state index contributed by atoms with van der Waals surface area (Å²) < 4.78 is 5.37. The lowest BCUT2D eigenvalue weighted by molar-refractivity contribution is 0.0943. The maximum atomic E-state index is 12.9. The number of hydrogen-bond donors (Lipinski definition) is 2. The van der Waals surface area contributed by atoms with E-state index in [0.717, 1.165) is 22.4 Å². The lowest BCUT2D eigenvalue weighted by Gasteiger charge is -2.14. The highest BCUT2D eigenvalue weighted by molar-refractivity contribution is 7.17. The van der Waals surface area contributed by atoms with Crippen molar-refractivity contribution in [3.63, 3.8) is 0 Å². The second-order valence-corrected chi connectivity index (χ2v) is 8.06. The van der Waals surface area contributed by atoms with Crippen molar-refractivity contribution in [3.8, 4) is 5.75 Å². The van der Waals surface area contributed by atoms with Crippen LogP contribution in [0.5, 0.6) is 5.75 Å². The standard InChI is InChI=1S/C24H23N3O2S/c1-15(18-13-12-17-8-4-5-9-19(17)14-18)25-23(28)22-16(2)26-24(30-22)27-20-10-6-7-11-21(20)29-3/h4-15H,1-3H3,(H,25,28)(H,26,27)/t15-/m1/s1. The average Bonchev–Trinajstić information content (AvgIpc) is 3.13. The summed E-state index contributed by atoms with van der Waals surface area (Å²) in [4.78, 5) is 18.0. The predicted molar refractivity (Wildman–Crippen MR) is 123 cm³/mol. The molecule has 0 fully saturated rings. The van der Waals surface area contributed by atoms with Gasteiger partial charge in [-0.2, -0.15) is 0 Å². The highest BCUT2D eigenvalue weighted by Gasteiger charge is 2.18. The third-order valence-corrected chi connectivity index (χ3v) is 6.04. The molecule has 0 aliphatic rings. The normalized spacial score (nSPS) is 11.8. The molecule has 0 unspecified atom stereocenters. The number of nitrogens with one attached hydrogen (secondary N) is 2. The van der Waals surface area contributed by atoms with Crippen molar-refractivity contribution >= 4 is 38.8 Å². The molecule has 2 N–H and O–H groups in total. The molecule has 0 spiro atoms. The van der Waals surface area contributed by atoms with Gasteiger partial charge in [-0.25, -0.2) is 4.98 Å². The van der Waals surface area contributed by atoms with Crippen LogP contribution < -0.4 is 15.4 Å². The molecule has 6 heteroatoms. The van der Waals surface area contributed by atoms with E-state index in [-0.39, 0.29) is 11.9 Å². The second-order valence-electron chi connectivity index (χ2n) is 7.06. The van der Waals surface area contributed by atoms with E-state index in [1.165, 1.54) is 16.7 Å². The van der Waals surface area contributed by atoms with Gasteiger partial charge in [0.05, 0.1) is 24.5 Å². The van der Waals surface area contributed by atoms with E-state index in [4.69, 9.17) is 4.74 Å². The number of hydrogen-bond acceptors (Lipinski definition) is 5. The zero-order chi connectivity index (χ0) is 21.1. The van der Waals surface area contributed by atoms with Crippen LogP contribution in [0.3, 0.4) is 0 Å². The molecule has 1 aromatic heterocycles. The molecular weight excluding hydrogens is 394 g/mol. The number of nitrogens with zero attached hydrogens (tertiary/aromatic N) is 1. The highest BCUT2D eigenvalue weighted by atomic mass is 32.1. The summed E-state index contributed by atoms with van der Waals surface area (Å²) in [6.45, 7) is 3.84. The van der Waals surface area contributed by atoms with Gasteiger partial charge in [-0.05, 0) is 48.4 Å². The molecule has 0 aliphatic carbocycles. The minimum Gasteiger partial charge on any atom is -0.495 e. The number of amides is 1. The fourth-order valence-corrected chi connectivity index (χ4v) is 4.23. The number of carbonyl (C=O) groups is 1. The molecule has 1 atom stereocenters. The zero-order valence-electron chi connectivity index (χ0n) is 17.1. The number of methoxy groups -OCH3 is 1. The van der Waals surface area contributed by atoms with Crippen molar-refractivity contribution in [1.82, 2.24) is 10.3 Å². The Balaban J connectivity index is 1.50. The van der Waals surface area contributed by atoms with Crippen LogP contribution in [0.15, 0.2) is 66.7 Å². The van der Waals surface area contributed by atoms with Gasteiger partial charge in [-0.1, -0.05) is 59.9 Å². The molecular formula is C24H23N3O2S. The van der Waals surface area contributed by atoms with Crippen molar-refractivity contribution in [2.24, 2.45) is 0 Å². The first-order valence-electron chi connectivity index (χ1n) is 9.72. The molecule has 0 aliphatic heterocycles. The van der Waals surface area contributed by atoms with Crippen molar-refractivity contribution in [1.29, 1.82) is 0 Å². The van der Waals surface area contributed by atoms with Gasteiger partial charge in [-0.15, -0.1) is 0 Å². The van der Waals surface area contributed by atoms with Crippen LogP contribution >= 0.6 is 11.3 Å². The summed E-state index contributed by atoms with van der Waals surface area (Å²) in [6, 6.07) is 22.0. The summed E-state index contributed by atoms with van der Waals surface area (Å²) in [5, 5.41) is 9.34. The SMILES string of the molecule is COc1ccccc1Nc1nc(C)c(C(=O)N[C@H](C)c2ccc3ccccc3c2)s1. The highest BCUT2D eigenvalue weighted by Crippen LogP contribution is 2.31. The first kappa shape index (κ1) is 19.9. The Kier molecular flexibility index (Phi) is 5.68. The molecule has 0 bridgehead atoms. The summed E-state index contributed by atoms with van der Waals surface area (Å²) in [5.74, 6) is 0.597. The van der Waals surface area contributed by atoms with Gasteiger partial charge in [0.25, 0.3) is 5.91 Å². The van der Waals surface area contributed by atoms with E-state index in [2.05, 4.69) is 45.9 Å². The Labute approximate surface area is 179 Å². The van der Waals surface area contributed by atoms with Gasteiger partial charge in [0.2, 0.25) is 0 Å². The van der Waals surface area contributed by atoms with Crippen LogP contribution in [-0.4, -0.2) is 18.0 Å². The van der Waals surface area contributed by atoms with Crippen molar-refractivity contribution in [2.45, 2.75) is 19.9 Å². The molecule has 0 radical (unpaired) electrons. The minimum atomic E-state index is -0.126. The number of thiazole rings is 1. The first-order valence-corrected chi connectivity index (χ1v) is 10.5. The first-order chi connectivity index (χ1) is 14.5. The van der Waals surface area contributed by atoms with Gasteiger partial charge in [0.1, 0.15) is 10.6 Å². The quantitative estimate of drug-likeness (QED) is 0.413. The summed E-state index contributed by atoms with van der Waals surface area (Å²) in [5.41, 5.74) is 2.57. The van der Waals surface area contributed by atoms with Gasteiger partial charge in [0.15, 0.2) is 5.13 Å². The Bertz CT molecular complexity index is 1200.